The lowest BCUT2D eigenvalue weighted by molar-refractivity contribution is -0.129. The van der Waals surface area contributed by atoms with E-state index < -0.39 is 0 Å². The first-order valence-electron chi connectivity index (χ1n) is 9.13. The van der Waals surface area contributed by atoms with Gasteiger partial charge in [-0.05, 0) is 45.4 Å². The average Bonchev–Trinajstić information content (AvgIpc) is 2.96. The van der Waals surface area contributed by atoms with Crippen LogP contribution < -0.4 is 4.90 Å². The van der Waals surface area contributed by atoms with E-state index >= 15 is 0 Å². The monoisotopic (exact) mass is 383 g/mol. The van der Waals surface area contributed by atoms with Crippen molar-refractivity contribution in [3.63, 3.8) is 0 Å². The first-order chi connectivity index (χ1) is 13.0. The number of thiophene rings is 1. The number of rotatable bonds is 6. The molecule has 0 atom stereocenters. The molecule has 0 radical (unpaired) electrons. The molecule has 1 amide bonds. The number of hydrogen-bond acceptors (Lipinski definition) is 6. The lowest BCUT2D eigenvalue weighted by atomic mass is 10.2. The number of amides is 1. The topological polar surface area (TPSA) is 62.2 Å². The van der Waals surface area contributed by atoms with Crippen molar-refractivity contribution < 1.29 is 4.79 Å². The van der Waals surface area contributed by atoms with Crippen LogP contribution in [0.15, 0.2) is 24.5 Å². The Kier molecular flexibility index (Phi) is 5.70. The smallest absolute Gasteiger partial charge is 0.242 e. The summed E-state index contributed by atoms with van der Waals surface area (Å²) < 4.78 is 0. The molecule has 0 saturated heterocycles. The lowest BCUT2D eigenvalue weighted by Crippen LogP contribution is -2.39. The van der Waals surface area contributed by atoms with E-state index in [0.29, 0.717) is 18.9 Å². The van der Waals surface area contributed by atoms with Crippen molar-refractivity contribution in [2.75, 3.05) is 31.6 Å². The summed E-state index contributed by atoms with van der Waals surface area (Å²) >= 11 is 1.66. The Hall–Kier alpha value is -2.54. The minimum atomic E-state index is 0.0989. The van der Waals surface area contributed by atoms with E-state index in [9.17, 15) is 4.79 Å². The highest BCUT2D eigenvalue weighted by Crippen LogP contribution is 2.36. The Morgan fingerprint density at radius 3 is 2.56 bits per heavy atom. The zero-order chi connectivity index (χ0) is 19.6. The van der Waals surface area contributed by atoms with Crippen molar-refractivity contribution >= 4 is 33.3 Å². The van der Waals surface area contributed by atoms with Gasteiger partial charge in [-0.2, -0.15) is 0 Å². The summed E-state index contributed by atoms with van der Waals surface area (Å²) in [4.78, 5) is 32.3. The quantitative estimate of drug-likeness (QED) is 0.650. The number of aryl methyl sites for hydroxylation is 2. The standard InChI is InChI=1S/C20H25N5OS/c1-6-25(7-2)16(26)12-24(5)19-17-13(3)14(4)27-20(17)23-18(22-19)15-9-8-10-21-11-15/h8-11H,6-7,12H2,1-5H3. The molecule has 0 bridgehead atoms. The second kappa shape index (κ2) is 8.00. The molecular weight excluding hydrogens is 358 g/mol. The third kappa shape index (κ3) is 3.78. The fraction of sp³-hybridized carbons (Fsp3) is 0.400. The molecular formula is C20H25N5OS. The van der Waals surface area contributed by atoms with Gasteiger partial charge in [0, 0.05) is 43.0 Å². The Bertz CT molecular complexity index is 950. The normalized spacial score (nSPS) is 11.0. The number of fused-ring (bicyclic) bond motifs is 1. The highest BCUT2D eigenvalue weighted by Gasteiger charge is 2.20. The van der Waals surface area contributed by atoms with Gasteiger partial charge in [-0.3, -0.25) is 9.78 Å². The van der Waals surface area contributed by atoms with Crippen molar-refractivity contribution in [2.24, 2.45) is 0 Å². The maximum atomic E-state index is 12.6. The van der Waals surface area contributed by atoms with Crippen LogP contribution in [0.25, 0.3) is 21.6 Å². The molecule has 0 aromatic carbocycles. The van der Waals surface area contributed by atoms with Gasteiger partial charge in [0.1, 0.15) is 10.6 Å². The summed E-state index contributed by atoms with van der Waals surface area (Å²) in [5, 5.41) is 1.03. The SMILES string of the molecule is CCN(CC)C(=O)CN(C)c1nc(-c2cccnc2)nc2sc(C)c(C)c12. The van der Waals surface area contributed by atoms with Crippen LogP contribution in [0.2, 0.25) is 0 Å². The van der Waals surface area contributed by atoms with E-state index in [1.54, 1.807) is 23.7 Å². The van der Waals surface area contributed by atoms with Crippen molar-refractivity contribution in [2.45, 2.75) is 27.7 Å². The van der Waals surface area contributed by atoms with Gasteiger partial charge in [-0.1, -0.05) is 0 Å². The Labute approximate surface area is 163 Å². The third-order valence-corrected chi connectivity index (χ3v) is 5.88. The van der Waals surface area contributed by atoms with Gasteiger partial charge in [0.2, 0.25) is 5.91 Å². The number of aromatic nitrogens is 3. The summed E-state index contributed by atoms with van der Waals surface area (Å²) in [6.45, 7) is 9.88. The Morgan fingerprint density at radius 1 is 1.19 bits per heavy atom. The van der Waals surface area contributed by atoms with Gasteiger partial charge in [0.15, 0.2) is 5.82 Å². The molecule has 3 aromatic rings. The second-order valence-corrected chi connectivity index (χ2v) is 7.70. The largest absolute Gasteiger partial charge is 0.350 e. The van der Waals surface area contributed by atoms with Crippen LogP contribution in [-0.4, -0.2) is 52.4 Å². The molecule has 0 spiro atoms. The fourth-order valence-electron chi connectivity index (χ4n) is 3.08. The van der Waals surface area contributed by atoms with Crippen LogP contribution in [-0.2, 0) is 4.79 Å². The molecule has 0 saturated carbocycles. The van der Waals surface area contributed by atoms with Gasteiger partial charge in [0.25, 0.3) is 0 Å². The average molecular weight is 384 g/mol. The van der Waals surface area contributed by atoms with Crippen LogP contribution in [0.3, 0.4) is 0 Å². The minimum Gasteiger partial charge on any atom is -0.350 e. The van der Waals surface area contributed by atoms with E-state index in [1.165, 1.54) is 10.4 Å². The third-order valence-electron chi connectivity index (χ3n) is 4.78. The molecule has 6 nitrogen and oxygen atoms in total. The highest BCUT2D eigenvalue weighted by atomic mass is 32.1. The summed E-state index contributed by atoms with van der Waals surface area (Å²) in [6.07, 6.45) is 3.50. The molecule has 3 rings (SSSR count). The Morgan fingerprint density at radius 2 is 1.93 bits per heavy atom. The lowest BCUT2D eigenvalue weighted by Gasteiger charge is -2.24. The van der Waals surface area contributed by atoms with Crippen LogP contribution in [0.4, 0.5) is 5.82 Å². The molecule has 0 aliphatic carbocycles. The molecule has 3 aromatic heterocycles. The molecule has 0 N–H and O–H groups in total. The number of carbonyl (C=O) groups excluding carboxylic acids is 1. The maximum absolute atomic E-state index is 12.6. The number of hydrogen-bond donors (Lipinski definition) is 0. The number of anilines is 1. The number of likely N-dealkylation sites (N-methyl/N-ethyl adjacent to an activating group) is 2. The Balaban J connectivity index is 2.08. The van der Waals surface area contributed by atoms with E-state index in [2.05, 4.69) is 18.8 Å². The summed E-state index contributed by atoms with van der Waals surface area (Å²) in [6, 6.07) is 3.83. The van der Waals surface area contributed by atoms with E-state index in [4.69, 9.17) is 9.97 Å². The van der Waals surface area contributed by atoms with Gasteiger partial charge < -0.3 is 9.80 Å². The van der Waals surface area contributed by atoms with Gasteiger partial charge in [-0.15, -0.1) is 11.3 Å². The zero-order valence-electron chi connectivity index (χ0n) is 16.5. The maximum Gasteiger partial charge on any atom is 0.242 e. The molecule has 0 fully saturated rings. The first-order valence-corrected chi connectivity index (χ1v) is 9.94. The molecule has 27 heavy (non-hydrogen) atoms. The van der Waals surface area contributed by atoms with Crippen LogP contribution in [0.1, 0.15) is 24.3 Å². The second-order valence-electron chi connectivity index (χ2n) is 6.50. The predicted molar refractivity (Wildman–Crippen MR) is 111 cm³/mol. The molecule has 3 heterocycles. The van der Waals surface area contributed by atoms with Crippen molar-refractivity contribution in [3.05, 3.63) is 35.0 Å². The zero-order valence-corrected chi connectivity index (χ0v) is 17.3. The molecule has 0 aliphatic rings. The summed E-state index contributed by atoms with van der Waals surface area (Å²) in [7, 11) is 1.92. The van der Waals surface area contributed by atoms with E-state index in [-0.39, 0.29) is 12.5 Å². The van der Waals surface area contributed by atoms with Gasteiger partial charge in [-0.25, -0.2) is 9.97 Å². The predicted octanol–water partition coefficient (Wildman–Crippen LogP) is 3.67. The number of pyridine rings is 1. The summed E-state index contributed by atoms with van der Waals surface area (Å²) in [5.74, 6) is 1.52. The first kappa shape index (κ1) is 19.2. The van der Waals surface area contributed by atoms with Crippen molar-refractivity contribution in [1.82, 2.24) is 19.9 Å². The van der Waals surface area contributed by atoms with Gasteiger partial charge in [0.05, 0.1) is 11.9 Å². The van der Waals surface area contributed by atoms with Gasteiger partial charge >= 0.3 is 0 Å². The van der Waals surface area contributed by atoms with Crippen LogP contribution >= 0.6 is 11.3 Å². The molecule has 142 valence electrons. The van der Waals surface area contributed by atoms with Crippen LogP contribution in [0.5, 0.6) is 0 Å². The van der Waals surface area contributed by atoms with E-state index in [0.717, 1.165) is 21.6 Å². The van der Waals surface area contributed by atoms with Crippen molar-refractivity contribution in [1.29, 1.82) is 0 Å². The molecule has 0 unspecified atom stereocenters. The number of carbonyl (C=O) groups is 1. The highest BCUT2D eigenvalue weighted by molar-refractivity contribution is 7.18. The van der Waals surface area contributed by atoms with Crippen LogP contribution in [0, 0.1) is 13.8 Å². The summed E-state index contributed by atoms with van der Waals surface area (Å²) in [5.41, 5.74) is 2.04. The molecule has 7 heteroatoms. The number of nitrogens with zero attached hydrogens (tertiary/aromatic N) is 5. The minimum absolute atomic E-state index is 0.0989. The van der Waals surface area contributed by atoms with Crippen molar-refractivity contribution in [3.8, 4) is 11.4 Å². The van der Waals surface area contributed by atoms with E-state index in [1.807, 2.05) is 42.8 Å². The fourth-order valence-corrected chi connectivity index (χ4v) is 4.11. The molecule has 0 aliphatic heterocycles.